The molecule has 1 atom stereocenters. The Morgan fingerprint density at radius 2 is 1.92 bits per heavy atom. The number of hydrogen-bond acceptors (Lipinski definition) is 3. The van der Waals surface area contributed by atoms with Crippen molar-refractivity contribution in [3.05, 3.63) is 70.7 Å². The summed E-state index contributed by atoms with van der Waals surface area (Å²) in [6.45, 7) is 2.68. The number of morpholine rings is 1. The molecule has 1 amide bonds. The molecule has 3 rings (SSSR count). The van der Waals surface area contributed by atoms with Gasteiger partial charge in [-0.3, -0.25) is 4.79 Å². The first-order chi connectivity index (χ1) is 11.7. The Hall–Kier alpha value is -1.88. The van der Waals surface area contributed by atoms with Gasteiger partial charge in [0, 0.05) is 23.7 Å². The summed E-state index contributed by atoms with van der Waals surface area (Å²) in [6, 6.07) is 17.0. The number of rotatable bonds is 5. The number of amides is 1. The molecule has 1 fully saturated rings. The van der Waals surface area contributed by atoms with Crippen LogP contribution in [-0.2, 0) is 16.1 Å². The summed E-state index contributed by atoms with van der Waals surface area (Å²) < 4.78 is 11.4. The molecule has 0 spiro atoms. The van der Waals surface area contributed by atoms with E-state index in [1.807, 2.05) is 35.2 Å². The molecule has 24 heavy (non-hydrogen) atoms. The minimum absolute atomic E-state index is 0.00280. The van der Waals surface area contributed by atoms with Crippen molar-refractivity contribution in [3.63, 3.8) is 0 Å². The first kappa shape index (κ1) is 17.0. The van der Waals surface area contributed by atoms with Gasteiger partial charge in [-0.1, -0.05) is 41.9 Å². The zero-order valence-corrected chi connectivity index (χ0v) is 14.1. The van der Waals surface area contributed by atoms with Crippen molar-refractivity contribution in [3.8, 4) is 0 Å². The van der Waals surface area contributed by atoms with Crippen molar-refractivity contribution in [2.24, 2.45) is 0 Å². The molecule has 2 aromatic rings. The van der Waals surface area contributed by atoms with Crippen LogP contribution in [-0.4, -0.2) is 43.2 Å². The molecule has 0 radical (unpaired) electrons. The van der Waals surface area contributed by atoms with E-state index in [1.54, 1.807) is 24.3 Å². The molecule has 126 valence electrons. The third kappa shape index (κ3) is 4.57. The van der Waals surface area contributed by atoms with Crippen LogP contribution in [0.15, 0.2) is 54.6 Å². The van der Waals surface area contributed by atoms with Crippen LogP contribution in [0.5, 0.6) is 0 Å². The van der Waals surface area contributed by atoms with Crippen LogP contribution in [0.3, 0.4) is 0 Å². The number of hydrogen-bond donors (Lipinski definition) is 0. The maximum atomic E-state index is 12.5. The summed E-state index contributed by atoms with van der Waals surface area (Å²) >= 11 is 5.87. The molecule has 1 aliphatic rings. The lowest BCUT2D eigenvalue weighted by Gasteiger charge is -2.33. The van der Waals surface area contributed by atoms with Gasteiger partial charge in [-0.25, -0.2) is 0 Å². The highest BCUT2D eigenvalue weighted by Crippen LogP contribution is 2.14. The molecular formula is C19H20ClNO3. The second-order valence-electron chi connectivity index (χ2n) is 5.75. The average molecular weight is 346 g/mol. The van der Waals surface area contributed by atoms with Crippen LogP contribution in [0.2, 0.25) is 5.02 Å². The number of nitrogens with zero attached hydrogens (tertiary/aromatic N) is 1. The van der Waals surface area contributed by atoms with Crippen molar-refractivity contribution in [2.45, 2.75) is 12.7 Å². The molecule has 1 unspecified atom stereocenters. The molecule has 0 aliphatic carbocycles. The number of carbonyl (C=O) groups is 1. The van der Waals surface area contributed by atoms with E-state index < -0.39 is 0 Å². The summed E-state index contributed by atoms with van der Waals surface area (Å²) in [5, 5.41) is 0.626. The van der Waals surface area contributed by atoms with E-state index in [1.165, 1.54) is 0 Å². The molecular weight excluding hydrogens is 326 g/mol. The monoisotopic (exact) mass is 345 g/mol. The van der Waals surface area contributed by atoms with Gasteiger partial charge < -0.3 is 14.4 Å². The fourth-order valence-corrected chi connectivity index (χ4v) is 2.79. The predicted molar refractivity (Wildman–Crippen MR) is 93.2 cm³/mol. The van der Waals surface area contributed by atoms with Crippen LogP contribution in [0, 0.1) is 0 Å². The van der Waals surface area contributed by atoms with Crippen molar-refractivity contribution in [2.75, 3.05) is 26.3 Å². The maximum absolute atomic E-state index is 12.5. The number of ether oxygens (including phenoxy) is 2. The normalized spacial score (nSPS) is 17.7. The van der Waals surface area contributed by atoms with Crippen LogP contribution in [0.1, 0.15) is 15.9 Å². The molecule has 0 bridgehead atoms. The Kier molecular flexibility index (Phi) is 5.86. The molecule has 5 heteroatoms. The molecule has 1 aliphatic heterocycles. The SMILES string of the molecule is O=C(c1ccc(Cl)cc1)N1CCOC(COCc2ccccc2)C1. The summed E-state index contributed by atoms with van der Waals surface area (Å²) in [6.07, 6.45) is -0.0984. The molecule has 0 saturated carbocycles. The first-order valence-corrected chi connectivity index (χ1v) is 8.38. The quantitative estimate of drug-likeness (QED) is 0.833. The Labute approximate surface area is 146 Å². The second kappa shape index (κ2) is 8.29. The van der Waals surface area contributed by atoms with E-state index in [2.05, 4.69) is 0 Å². The van der Waals surface area contributed by atoms with Crippen LogP contribution in [0.4, 0.5) is 0 Å². The Morgan fingerprint density at radius 3 is 2.67 bits per heavy atom. The van der Waals surface area contributed by atoms with Gasteiger partial charge in [-0.05, 0) is 29.8 Å². The third-order valence-corrected chi connectivity index (χ3v) is 4.18. The third-order valence-electron chi connectivity index (χ3n) is 3.93. The van der Waals surface area contributed by atoms with Gasteiger partial charge in [-0.15, -0.1) is 0 Å². The van der Waals surface area contributed by atoms with E-state index in [-0.39, 0.29) is 12.0 Å². The van der Waals surface area contributed by atoms with Gasteiger partial charge in [-0.2, -0.15) is 0 Å². The molecule has 0 aromatic heterocycles. The topological polar surface area (TPSA) is 38.8 Å². The maximum Gasteiger partial charge on any atom is 0.254 e. The highest BCUT2D eigenvalue weighted by molar-refractivity contribution is 6.30. The van der Waals surface area contributed by atoms with E-state index >= 15 is 0 Å². The van der Waals surface area contributed by atoms with Gasteiger partial charge in [0.05, 0.1) is 25.9 Å². The van der Waals surface area contributed by atoms with Gasteiger partial charge in [0.25, 0.3) is 5.91 Å². The summed E-state index contributed by atoms with van der Waals surface area (Å²) in [5.74, 6) is 0.00280. The molecule has 0 N–H and O–H groups in total. The minimum atomic E-state index is -0.0984. The molecule has 2 aromatic carbocycles. The summed E-state index contributed by atoms with van der Waals surface area (Å²) in [7, 11) is 0. The van der Waals surface area contributed by atoms with E-state index in [0.29, 0.717) is 43.5 Å². The molecule has 4 nitrogen and oxygen atoms in total. The van der Waals surface area contributed by atoms with Gasteiger partial charge in [0.1, 0.15) is 0 Å². The van der Waals surface area contributed by atoms with Gasteiger partial charge in [0.15, 0.2) is 0 Å². The van der Waals surface area contributed by atoms with Crippen LogP contribution < -0.4 is 0 Å². The van der Waals surface area contributed by atoms with E-state index in [9.17, 15) is 4.79 Å². The minimum Gasteiger partial charge on any atom is -0.374 e. The first-order valence-electron chi connectivity index (χ1n) is 8.00. The van der Waals surface area contributed by atoms with E-state index in [4.69, 9.17) is 21.1 Å². The predicted octanol–water partition coefficient (Wildman–Crippen LogP) is 3.40. The van der Waals surface area contributed by atoms with Crippen LogP contribution in [0.25, 0.3) is 0 Å². The summed E-state index contributed by atoms with van der Waals surface area (Å²) in [5.41, 5.74) is 1.77. The Bertz CT molecular complexity index is 660. The van der Waals surface area contributed by atoms with Crippen molar-refractivity contribution >= 4 is 17.5 Å². The standard InChI is InChI=1S/C19H20ClNO3/c20-17-8-6-16(7-9-17)19(22)21-10-11-24-18(12-21)14-23-13-15-4-2-1-3-5-15/h1-9,18H,10-14H2. The Balaban J connectivity index is 1.50. The van der Waals surface area contributed by atoms with Crippen LogP contribution >= 0.6 is 11.6 Å². The molecule has 1 saturated heterocycles. The highest BCUT2D eigenvalue weighted by atomic mass is 35.5. The van der Waals surface area contributed by atoms with Gasteiger partial charge in [0.2, 0.25) is 0 Å². The van der Waals surface area contributed by atoms with Gasteiger partial charge >= 0.3 is 0 Å². The van der Waals surface area contributed by atoms with Crippen molar-refractivity contribution < 1.29 is 14.3 Å². The van der Waals surface area contributed by atoms with E-state index in [0.717, 1.165) is 5.56 Å². The lowest BCUT2D eigenvalue weighted by atomic mass is 10.1. The lowest BCUT2D eigenvalue weighted by molar-refractivity contribution is -0.0647. The largest absolute Gasteiger partial charge is 0.374 e. The Morgan fingerprint density at radius 1 is 1.17 bits per heavy atom. The van der Waals surface area contributed by atoms with Crippen molar-refractivity contribution in [1.82, 2.24) is 4.90 Å². The summed E-state index contributed by atoms with van der Waals surface area (Å²) in [4.78, 5) is 14.3. The number of halogens is 1. The average Bonchev–Trinajstić information content (AvgIpc) is 2.63. The number of carbonyl (C=O) groups excluding carboxylic acids is 1. The fraction of sp³-hybridized carbons (Fsp3) is 0.316. The fourth-order valence-electron chi connectivity index (χ4n) is 2.66. The molecule has 1 heterocycles. The zero-order chi connectivity index (χ0) is 16.8. The smallest absolute Gasteiger partial charge is 0.254 e. The lowest BCUT2D eigenvalue weighted by Crippen LogP contribution is -2.47. The second-order valence-corrected chi connectivity index (χ2v) is 6.19. The highest BCUT2D eigenvalue weighted by Gasteiger charge is 2.25. The van der Waals surface area contributed by atoms with Crippen molar-refractivity contribution in [1.29, 1.82) is 0 Å². The zero-order valence-electron chi connectivity index (χ0n) is 13.4. The number of benzene rings is 2.